The predicted octanol–water partition coefficient (Wildman–Crippen LogP) is 3.12. The summed E-state index contributed by atoms with van der Waals surface area (Å²) in [6.07, 6.45) is 3.08. The zero-order valence-electron chi connectivity index (χ0n) is 11.2. The number of carboxylic acids is 1. The zero-order chi connectivity index (χ0) is 14.1. The third-order valence-electron chi connectivity index (χ3n) is 3.67. The van der Waals surface area contributed by atoms with Crippen LogP contribution >= 0.6 is 11.3 Å². The molecular weight excluding hydrogens is 272 g/mol. The summed E-state index contributed by atoms with van der Waals surface area (Å²) < 4.78 is 0. The molecule has 4 nitrogen and oxygen atoms in total. The van der Waals surface area contributed by atoms with Crippen molar-refractivity contribution in [2.24, 2.45) is 0 Å². The van der Waals surface area contributed by atoms with E-state index in [0.717, 1.165) is 24.1 Å². The number of rotatable bonds is 3. The molecule has 0 spiro atoms. The molecule has 1 aromatic heterocycles. The number of carbonyl (C=O) groups is 1. The Hall–Kier alpha value is -1.88. The summed E-state index contributed by atoms with van der Waals surface area (Å²) in [5.41, 5.74) is 2.96. The topological polar surface area (TPSA) is 62.2 Å². The molecule has 1 heterocycles. The average molecular weight is 288 g/mol. The van der Waals surface area contributed by atoms with E-state index >= 15 is 0 Å². The van der Waals surface area contributed by atoms with Gasteiger partial charge in [-0.15, -0.1) is 11.3 Å². The molecule has 0 radical (unpaired) electrons. The van der Waals surface area contributed by atoms with Crippen LogP contribution in [0.4, 0.5) is 5.13 Å². The van der Waals surface area contributed by atoms with Crippen molar-refractivity contribution >= 4 is 22.4 Å². The van der Waals surface area contributed by atoms with Gasteiger partial charge in [0.05, 0.1) is 0 Å². The van der Waals surface area contributed by atoms with Gasteiger partial charge in [0.15, 0.2) is 10.8 Å². The predicted molar refractivity (Wildman–Crippen MR) is 79.7 cm³/mol. The first-order valence-electron chi connectivity index (χ1n) is 6.67. The number of hydrogen-bond donors (Lipinski definition) is 2. The van der Waals surface area contributed by atoms with Crippen molar-refractivity contribution in [3.63, 3.8) is 0 Å². The van der Waals surface area contributed by atoms with Crippen molar-refractivity contribution in [1.82, 2.24) is 4.98 Å². The monoisotopic (exact) mass is 288 g/mol. The Balaban J connectivity index is 1.74. The molecule has 104 valence electrons. The molecule has 0 bridgehead atoms. The normalized spacial score (nSPS) is 17.6. The highest BCUT2D eigenvalue weighted by Gasteiger charge is 2.20. The first-order valence-corrected chi connectivity index (χ1v) is 7.49. The van der Waals surface area contributed by atoms with Gasteiger partial charge in [0.1, 0.15) is 0 Å². The van der Waals surface area contributed by atoms with Gasteiger partial charge in [-0.3, -0.25) is 0 Å². The number of anilines is 1. The lowest BCUT2D eigenvalue weighted by molar-refractivity contribution is 0.0690. The van der Waals surface area contributed by atoms with E-state index in [1.54, 1.807) is 6.92 Å². The van der Waals surface area contributed by atoms with Gasteiger partial charge < -0.3 is 10.4 Å². The Kier molecular flexibility index (Phi) is 3.44. The molecule has 3 rings (SSSR count). The Labute approximate surface area is 121 Å². The molecule has 1 atom stereocenters. The van der Waals surface area contributed by atoms with E-state index in [0.29, 0.717) is 11.2 Å². The van der Waals surface area contributed by atoms with E-state index in [4.69, 9.17) is 5.11 Å². The second kappa shape index (κ2) is 5.25. The molecule has 2 N–H and O–H groups in total. The standard InChI is InChI=1S/C15H16N2O2S/c1-9-13(14(18)19)17-15(20-9)16-12-7-6-10-4-2-3-5-11(10)8-12/h2-5,12H,6-8H2,1H3,(H,16,17)(H,18,19). The lowest BCUT2D eigenvalue weighted by Crippen LogP contribution is -2.27. The number of thiazole rings is 1. The van der Waals surface area contributed by atoms with E-state index < -0.39 is 5.97 Å². The minimum absolute atomic E-state index is 0.161. The number of carboxylic acid groups (broad SMARTS) is 1. The van der Waals surface area contributed by atoms with E-state index in [1.807, 2.05) is 0 Å². The molecule has 0 fully saturated rings. The fourth-order valence-corrected chi connectivity index (χ4v) is 3.53. The van der Waals surface area contributed by atoms with Crippen LogP contribution in [-0.2, 0) is 12.8 Å². The van der Waals surface area contributed by atoms with Gasteiger partial charge in [0.2, 0.25) is 0 Å². The van der Waals surface area contributed by atoms with Crippen molar-refractivity contribution in [1.29, 1.82) is 0 Å². The molecule has 1 aromatic carbocycles. The molecule has 20 heavy (non-hydrogen) atoms. The molecule has 0 amide bonds. The summed E-state index contributed by atoms with van der Waals surface area (Å²) in [6, 6.07) is 8.82. The van der Waals surface area contributed by atoms with Crippen LogP contribution in [0.25, 0.3) is 0 Å². The van der Waals surface area contributed by atoms with Gasteiger partial charge in [0.25, 0.3) is 0 Å². The first-order chi connectivity index (χ1) is 9.63. The largest absolute Gasteiger partial charge is 0.476 e. The maximum atomic E-state index is 11.0. The quantitative estimate of drug-likeness (QED) is 0.911. The maximum Gasteiger partial charge on any atom is 0.355 e. The minimum Gasteiger partial charge on any atom is -0.476 e. The molecule has 1 aliphatic carbocycles. The summed E-state index contributed by atoms with van der Waals surface area (Å²) in [6.45, 7) is 1.79. The third kappa shape index (κ3) is 2.54. The summed E-state index contributed by atoms with van der Waals surface area (Å²) in [7, 11) is 0. The molecule has 2 aromatic rings. The molecule has 0 saturated carbocycles. The molecular formula is C15H16N2O2S. The van der Waals surface area contributed by atoms with Gasteiger partial charge in [0, 0.05) is 10.9 Å². The van der Waals surface area contributed by atoms with Crippen molar-refractivity contribution in [3.8, 4) is 0 Å². The Morgan fingerprint density at radius 2 is 2.15 bits per heavy atom. The van der Waals surface area contributed by atoms with Gasteiger partial charge in [-0.1, -0.05) is 24.3 Å². The van der Waals surface area contributed by atoms with E-state index in [9.17, 15) is 4.79 Å². The summed E-state index contributed by atoms with van der Waals surface area (Å²) >= 11 is 1.41. The molecule has 0 aliphatic heterocycles. The summed E-state index contributed by atoms with van der Waals surface area (Å²) in [5.74, 6) is -0.958. The number of hydrogen-bond acceptors (Lipinski definition) is 4. The average Bonchev–Trinajstić information content (AvgIpc) is 2.79. The van der Waals surface area contributed by atoms with Gasteiger partial charge in [-0.25, -0.2) is 9.78 Å². The fraction of sp³-hybridized carbons (Fsp3) is 0.333. The van der Waals surface area contributed by atoms with Crippen LogP contribution in [0.1, 0.15) is 32.9 Å². The number of aryl methyl sites for hydroxylation is 2. The van der Waals surface area contributed by atoms with Gasteiger partial charge in [-0.2, -0.15) is 0 Å². The highest BCUT2D eigenvalue weighted by Crippen LogP contribution is 2.27. The summed E-state index contributed by atoms with van der Waals surface area (Å²) in [4.78, 5) is 15.9. The molecule has 0 saturated heterocycles. The van der Waals surface area contributed by atoms with Crippen molar-refractivity contribution in [3.05, 3.63) is 46.0 Å². The third-order valence-corrected chi connectivity index (χ3v) is 4.58. The van der Waals surface area contributed by atoms with Crippen LogP contribution in [-0.4, -0.2) is 22.1 Å². The second-order valence-electron chi connectivity index (χ2n) is 5.08. The Morgan fingerprint density at radius 1 is 1.40 bits per heavy atom. The van der Waals surface area contributed by atoms with Crippen molar-refractivity contribution < 1.29 is 9.90 Å². The first kappa shape index (κ1) is 13.1. The number of fused-ring (bicyclic) bond motifs is 1. The SMILES string of the molecule is Cc1sc(NC2CCc3ccccc3C2)nc1C(=O)O. The fourth-order valence-electron chi connectivity index (χ4n) is 2.65. The Bertz CT molecular complexity index is 651. The lowest BCUT2D eigenvalue weighted by Gasteiger charge is -2.25. The summed E-state index contributed by atoms with van der Waals surface area (Å²) in [5, 5.41) is 13.1. The van der Waals surface area contributed by atoms with Crippen LogP contribution in [0.15, 0.2) is 24.3 Å². The second-order valence-corrected chi connectivity index (χ2v) is 6.28. The number of benzene rings is 1. The molecule has 1 aliphatic rings. The minimum atomic E-state index is -0.958. The highest BCUT2D eigenvalue weighted by molar-refractivity contribution is 7.15. The van der Waals surface area contributed by atoms with Gasteiger partial charge in [-0.05, 0) is 37.3 Å². The van der Waals surface area contributed by atoms with Crippen LogP contribution in [0, 0.1) is 6.92 Å². The molecule has 5 heteroatoms. The highest BCUT2D eigenvalue weighted by atomic mass is 32.1. The zero-order valence-corrected chi connectivity index (χ0v) is 12.0. The van der Waals surface area contributed by atoms with Crippen LogP contribution in [0.3, 0.4) is 0 Å². The lowest BCUT2D eigenvalue weighted by atomic mass is 9.88. The molecule has 1 unspecified atom stereocenters. The number of aromatic nitrogens is 1. The Morgan fingerprint density at radius 3 is 2.85 bits per heavy atom. The number of aromatic carboxylic acids is 1. The van der Waals surface area contributed by atoms with E-state index in [1.165, 1.54) is 22.5 Å². The van der Waals surface area contributed by atoms with E-state index in [2.05, 4.69) is 34.6 Å². The smallest absolute Gasteiger partial charge is 0.355 e. The van der Waals surface area contributed by atoms with E-state index in [-0.39, 0.29) is 5.69 Å². The van der Waals surface area contributed by atoms with Crippen LogP contribution in [0.2, 0.25) is 0 Å². The van der Waals surface area contributed by atoms with Crippen LogP contribution in [0.5, 0.6) is 0 Å². The number of nitrogens with zero attached hydrogens (tertiary/aromatic N) is 1. The van der Waals surface area contributed by atoms with Crippen molar-refractivity contribution in [2.45, 2.75) is 32.2 Å². The number of nitrogens with one attached hydrogen (secondary N) is 1. The maximum absolute atomic E-state index is 11.0. The van der Waals surface area contributed by atoms with Gasteiger partial charge >= 0.3 is 5.97 Å². The van der Waals surface area contributed by atoms with Crippen molar-refractivity contribution in [2.75, 3.05) is 5.32 Å². The van der Waals surface area contributed by atoms with Crippen LogP contribution < -0.4 is 5.32 Å².